The van der Waals surface area contributed by atoms with E-state index in [1.165, 1.54) is 19.3 Å². The fourth-order valence-electron chi connectivity index (χ4n) is 1.60. The van der Waals surface area contributed by atoms with Crippen LogP contribution in [0, 0.1) is 0 Å². The van der Waals surface area contributed by atoms with Crippen LogP contribution in [0.15, 0.2) is 0 Å². The molecule has 1 amide bonds. The fourth-order valence-corrected chi connectivity index (χ4v) is 1.60. The highest BCUT2D eigenvalue weighted by Crippen LogP contribution is 2.11. The van der Waals surface area contributed by atoms with Gasteiger partial charge in [0.25, 0.3) is 0 Å². The van der Waals surface area contributed by atoms with Crippen molar-refractivity contribution in [2.75, 3.05) is 13.6 Å². The summed E-state index contributed by atoms with van der Waals surface area (Å²) in [7, 11) is 1.69. The van der Waals surface area contributed by atoms with Crippen molar-refractivity contribution in [2.24, 2.45) is 0 Å². The van der Waals surface area contributed by atoms with E-state index in [-0.39, 0.29) is 5.91 Å². The van der Waals surface area contributed by atoms with Gasteiger partial charge in [-0.15, -0.1) is 0 Å². The van der Waals surface area contributed by atoms with Gasteiger partial charge < -0.3 is 10.6 Å². The molecule has 1 rings (SSSR count). The summed E-state index contributed by atoms with van der Waals surface area (Å²) >= 11 is 0. The third kappa shape index (κ3) is 3.22. The zero-order valence-corrected chi connectivity index (χ0v) is 7.73. The summed E-state index contributed by atoms with van der Waals surface area (Å²) in [5, 5.41) is 6.06. The molecule has 1 saturated heterocycles. The zero-order valence-electron chi connectivity index (χ0n) is 7.73. The van der Waals surface area contributed by atoms with Crippen LogP contribution in [0.2, 0.25) is 0 Å². The number of hydrogen-bond donors (Lipinski definition) is 2. The maximum absolute atomic E-state index is 10.9. The number of hydrogen-bond acceptors (Lipinski definition) is 2. The minimum absolute atomic E-state index is 0.155. The van der Waals surface area contributed by atoms with Crippen LogP contribution in [0.5, 0.6) is 0 Å². The lowest BCUT2D eigenvalue weighted by Crippen LogP contribution is -2.35. The van der Waals surface area contributed by atoms with Crippen molar-refractivity contribution in [1.82, 2.24) is 10.6 Å². The lowest BCUT2D eigenvalue weighted by molar-refractivity contribution is -0.120. The van der Waals surface area contributed by atoms with Gasteiger partial charge >= 0.3 is 0 Å². The minimum atomic E-state index is 0.155. The Balaban J connectivity index is 2.09. The van der Waals surface area contributed by atoms with E-state index in [1.54, 1.807) is 7.05 Å². The highest BCUT2D eigenvalue weighted by molar-refractivity contribution is 5.75. The molecule has 1 heterocycles. The van der Waals surface area contributed by atoms with Crippen molar-refractivity contribution in [3.63, 3.8) is 0 Å². The van der Waals surface area contributed by atoms with Gasteiger partial charge in [0, 0.05) is 19.5 Å². The Morgan fingerprint density at radius 2 is 2.42 bits per heavy atom. The molecule has 0 aromatic carbocycles. The Morgan fingerprint density at radius 3 is 3.00 bits per heavy atom. The summed E-state index contributed by atoms with van der Waals surface area (Å²) in [6, 6.07) is 0.580. The summed E-state index contributed by atoms with van der Waals surface area (Å²) in [6.45, 7) is 1.12. The quantitative estimate of drug-likeness (QED) is 0.653. The van der Waals surface area contributed by atoms with Crippen molar-refractivity contribution in [1.29, 1.82) is 0 Å². The van der Waals surface area contributed by atoms with Gasteiger partial charge in [-0.25, -0.2) is 0 Å². The Labute approximate surface area is 73.9 Å². The highest BCUT2D eigenvalue weighted by atomic mass is 16.1. The monoisotopic (exact) mass is 170 g/mol. The molecule has 0 aromatic heterocycles. The van der Waals surface area contributed by atoms with Crippen LogP contribution in [0.3, 0.4) is 0 Å². The van der Waals surface area contributed by atoms with Gasteiger partial charge in [0.1, 0.15) is 0 Å². The van der Waals surface area contributed by atoms with Crippen LogP contribution in [0.25, 0.3) is 0 Å². The van der Waals surface area contributed by atoms with Crippen molar-refractivity contribution in [3.8, 4) is 0 Å². The van der Waals surface area contributed by atoms with Gasteiger partial charge in [-0.2, -0.15) is 0 Å². The van der Waals surface area contributed by atoms with Crippen LogP contribution < -0.4 is 10.6 Å². The van der Waals surface area contributed by atoms with Gasteiger partial charge in [0.05, 0.1) is 0 Å². The topological polar surface area (TPSA) is 41.1 Å². The summed E-state index contributed by atoms with van der Waals surface area (Å²) in [5.41, 5.74) is 0. The molecule has 2 N–H and O–H groups in total. The molecule has 0 spiro atoms. The Kier molecular flexibility index (Phi) is 4.08. The molecule has 0 aromatic rings. The summed E-state index contributed by atoms with van der Waals surface area (Å²) in [6.07, 6.45) is 5.48. The summed E-state index contributed by atoms with van der Waals surface area (Å²) < 4.78 is 0. The highest BCUT2D eigenvalue weighted by Gasteiger charge is 2.12. The first-order valence-electron chi connectivity index (χ1n) is 4.77. The smallest absolute Gasteiger partial charge is 0.219 e. The molecule has 3 heteroatoms. The van der Waals surface area contributed by atoms with Gasteiger partial charge in [0.15, 0.2) is 0 Å². The molecule has 1 aliphatic rings. The average molecular weight is 170 g/mol. The van der Waals surface area contributed by atoms with E-state index in [1.807, 2.05) is 0 Å². The minimum Gasteiger partial charge on any atom is -0.359 e. The third-order valence-electron chi connectivity index (χ3n) is 2.41. The average Bonchev–Trinajstić information content (AvgIpc) is 2.16. The largest absolute Gasteiger partial charge is 0.359 e. The van der Waals surface area contributed by atoms with E-state index in [0.29, 0.717) is 12.5 Å². The second kappa shape index (κ2) is 5.14. The van der Waals surface area contributed by atoms with E-state index < -0.39 is 0 Å². The molecule has 0 radical (unpaired) electrons. The van der Waals surface area contributed by atoms with E-state index in [4.69, 9.17) is 0 Å². The van der Waals surface area contributed by atoms with E-state index in [0.717, 1.165) is 13.0 Å². The molecule has 1 aliphatic heterocycles. The molecule has 12 heavy (non-hydrogen) atoms. The van der Waals surface area contributed by atoms with E-state index in [2.05, 4.69) is 10.6 Å². The molecule has 70 valence electrons. The number of piperidine rings is 1. The second-order valence-electron chi connectivity index (χ2n) is 3.36. The molecule has 1 atom stereocenters. The van der Waals surface area contributed by atoms with Gasteiger partial charge in [-0.3, -0.25) is 4.79 Å². The second-order valence-corrected chi connectivity index (χ2v) is 3.36. The van der Waals surface area contributed by atoms with E-state index >= 15 is 0 Å². The molecule has 1 fully saturated rings. The van der Waals surface area contributed by atoms with Gasteiger partial charge in [-0.1, -0.05) is 6.42 Å². The van der Waals surface area contributed by atoms with Crippen LogP contribution in [0.4, 0.5) is 0 Å². The van der Waals surface area contributed by atoms with Gasteiger partial charge in [-0.05, 0) is 25.8 Å². The van der Waals surface area contributed by atoms with Crippen LogP contribution in [0.1, 0.15) is 32.1 Å². The number of carbonyl (C=O) groups is 1. The lowest BCUT2D eigenvalue weighted by atomic mass is 10.0. The number of carbonyl (C=O) groups excluding carboxylic acids is 1. The molecule has 0 unspecified atom stereocenters. The maximum atomic E-state index is 10.9. The first-order chi connectivity index (χ1) is 5.83. The first kappa shape index (κ1) is 9.52. The molecule has 0 saturated carbocycles. The summed E-state index contributed by atoms with van der Waals surface area (Å²) in [5.74, 6) is 0.155. The van der Waals surface area contributed by atoms with Crippen molar-refractivity contribution >= 4 is 5.91 Å². The predicted molar refractivity (Wildman–Crippen MR) is 48.9 cm³/mol. The Hall–Kier alpha value is -0.570. The van der Waals surface area contributed by atoms with Crippen molar-refractivity contribution < 1.29 is 4.79 Å². The number of rotatable bonds is 3. The fraction of sp³-hybridized carbons (Fsp3) is 0.889. The standard InChI is InChI=1S/C9H18N2O/c1-10-9(12)6-5-8-4-2-3-7-11-8/h8,11H,2-7H2,1H3,(H,10,12)/t8-/m1/s1. The van der Waals surface area contributed by atoms with Crippen LogP contribution in [-0.2, 0) is 4.79 Å². The first-order valence-corrected chi connectivity index (χ1v) is 4.77. The molecule has 3 nitrogen and oxygen atoms in total. The molecular weight excluding hydrogens is 152 g/mol. The lowest BCUT2D eigenvalue weighted by Gasteiger charge is -2.22. The van der Waals surface area contributed by atoms with Crippen LogP contribution in [-0.4, -0.2) is 25.5 Å². The van der Waals surface area contributed by atoms with Crippen LogP contribution >= 0.6 is 0 Å². The molecular formula is C9H18N2O. The van der Waals surface area contributed by atoms with Crippen molar-refractivity contribution in [3.05, 3.63) is 0 Å². The van der Waals surface area contributed by atoms with Gasteiger partial charge in [0.2, 0.25) is 5.91 Å². The normalized spacial score (nSPS) is 23.6. The van der Waals surface area contributed by atoms with E-state index in [9.17, 15) is 4.79 Å². The number of amides is 1. The number of nitrogens with one attached hydrogen (secondary N) is 2. The third-order valence-corrected chi connectivity index (χ3v) is 2.41. The Morgan fingerprint density at radius 1 is 1.58 bits per heavy atom. The molecule has 0 aliphatic carbocycles. The predicted octanol–water partition coefficient (Wildman–Crippen LogP) is 0.655. The van der Waals surface area contributed by atoms with Crippen molar-refractivity contribution in [2.45, 2.75) is 38.1 Å². The summed E-state index contributed by atoms with van der Waals surface area (Å²) in [4.78, 5) is 10.9. The molecule has 0 bridgehead atoms. The zero-order chi connectivity index (χ0) is 8.81. The Bertz CT molecular complexity index is 141. The SMILES string of the molecule is CNC(=O)CC[C@H]1CCCCN1. The maximum Gasteiger partial charge on any atom is 0.219 e.